The van der Waals surface area contributed by atoms with E-state index in [1.165, 1.54) is 0 Å². The second-order valence-electron chi connectivity index (χ2n) is 9.20. The maximum Gasteiger partial charge on any atom is 0.274 e. The zero-order chi connectivity index (χ0) is 24.2. The number of carbonyl (C=O) groups is 1. The molecule has 7 nitrogen and oxygen atoms in total. The summed E-state index contributed by atoms with van der Waals surface area (Å²) in [5.74, 6) is -0.243. The van der Waals surface area contributed by atoms with Gasteiger partial charge < -0.3 is 15.6 Å². The van der Waals surface area contributed by atoms with Crippen LogP contribution in [-0.4, -0.2) is 44.5 Å². The zero-order valence-corrected chi connectivity index (χ0v) is 19.9. The highest BCUT2D eigenvalue weighted by molar-refractivity contribution is 6.03. The first-order valence-corrected chi connectivity index (χ1v) is 12.0. The number of amides is 1. The number of aromatic nitrogens is 3. The molecule has 35 heavy (non-hydrogen) atoms. The molecule has 1 atom stereocenters. The molecule has 0 bridgehead atoms. The summed E-state index contributed by atoms with van der Waals surface area (Å²) in [6.07, 6.45) is 7.62. The van der Waals surface area contributed by atoms with E-state index in [9.17, 15) is 4.79 Å². The van der Waals surface area contributed by atoms with Gasteiger partial charge in [-0.25, -0.2) is 4.98 Å². The SMILES string of the molecule is Cc1cn(-c2cc(CN3CCCC(N)C3)cc(NC(=O)c3cc(-c4ccccc4)ccn3)c2)cn1. The molecular formula is C28H30N6O. The smallest absolute Gasteiger partial charge is 0.274 e. The van der Waals surface area contributed by atoms with Crippen LogP contribution in [0.3, 0.4) is 0 Å². The highest BCUT2D eigenvalue weighted by atomic mass is 16.1. The summed E-state index contributed by atoms with van der Waals surface area (Å²) in [6.45, 7) is 4.65. The molecular weight excluding hydrogens is 436 g/mol. The van der Waals surface area contributed by atoms with Gasteiger partial charge in [-0.1, -0.05) is 30.3 Å². The summed E-state index contributed by atoms with van der Waals surface area (Å²) in [6, 6.07) is 20.1. The maximum atomic E-state index is 13.2. The molecule has 5 rings (SSSR count). The molecule has 0 aliphatic carbocycles. The van der Waals surface area contributed by atoms with Crippen LogP contribution in [0.5, 0.6) is 0 Å². The second kappa shape index (κ2) is 10.2. The van der Waals surface area contributed by atoms with E-state index in [1.807, 2.05) is 72.3 Å². The Kier molecular flexibility index (Phi) is 6.70. The van der Waals surface area contributed by atoms with Gasteiger partial charge in [0.25, 0.3) is 5.91 Å². The van der Waals surface area contributed by atoms with Crippen molar-refractivity contribution in [2.45, 2.75) is 32.4 Å². The fraction of sp³-hybridized carbons (Fsp3) is 0.250. The van der Waals surface area contributed by atoms with Gasteiger partial charge in [-0.05, 0) is 73.3 Å². The molecule has 7 heteroatoms. The molecule has 0 radical (unpaired) electrons. The van der Waals surface area contributed by atoms with Crippen molar-refractivity contribution in [3.63, 3.8) is 0 Å². The molecule has 3 heterocycles. The standard InChI is InChI=1S/C28H30N6O/c1-20-16-34(19-31-20)26-13-21(17-33-11-5-8-24(29)18-33)12-25(15-26)32-28(35)27-14-23(9-10-30-27)22-6-3-2-4-7-22/h2-4,6-7,9-10,12-16,19,24H,5,8,11,17-18,29H2,1H3,(H,32,35). The van der Waals surface area contributed by atoms with Crippen LogP contribution in [0.4, 0.5) is 5.69 Å². The fourth-order valence-corrected chi connectivity index (χ4v) is 4.60. The van der Waals surface area contributed by atoms with E-state index < -0.39 is 0 Å². The van der Waals surface area contributed by atoms with E-state index >= 15 is 0 Å². The molecule has 0 spiro atoms. The Bertz CT molecular complexity index is 1320. The van der Waals surface area contributed by atoms with E-state index in [-0.39, 0.29) is 11.9 Å². The number of nitrogens with zero attached hydrogens (tertiary/aromatic N) is 4. The van der Waals surface area contributed by atoms with Crippen LogP contribution in [0.15, 0.2) is 79.4 Å². The lowest BCUT2D eigenvalue weighted by Crippen LogP contribution is -2.42. The normalized spacial score (nSPS) is 16.2. The molecule has 1 aliphatic heterocycles. The molecule has 1 aliphatic rings. The van der Waals surface area contributed by atoms with Crippen molar-refractivity contribution < 1.29 is 4.79 Å². The number of hydrogen-bond donors (Lipinski definition) is 2. The lowest BCUT2D eigenvalue weighted by molar-refractivity contribution is 0.102. The summed E-state index contributed by atoms with van der Waals surface area (Å²) in [5, 5.41) is 3.06. The van der Waals surface area contributed by atoms with E-state index in [2.05, 4.69) is 26.3 Å². The van der Waals surface area contributed by atoms with Crippen molar-refractivity contribution in [3.8, 4) is 16.8 Å². The molecule has 1 unspecified atom stereocenters. The Labute approximate surface area is 205 Å². The number of benzene rings is 2. The molecule has 2 aromatic heterocycles. The number of aryl methyl sites for hydroxylation is 1. The van der Waals surface area contributed by atoms with Crippen LogP contribution in [0.25, 0.3) is 16.8 Å². The Hall–Kier alpha value is -3.81. The third kappa shape index (κ3) is 5.65. The average Bonchev–Trinajstić information content (AvgIpc) is 3.31. The summed E-state index contributed by atoms with van der Waals surface area (Å²) in [4.78, 5) is 24.2. The topological polar surface area (TPSA) is 89.1 Å². The highest BCUT2D eigenvalue weighted by Gasteiger charge is 2.18. The van der Waals surface area contributed by atoms with Crippen molar-refractivity contribution in [1.29, 1.82) is 0 Å². The Morgan fingerprint density at radius 1 is 1.09 bits per heavy atom. The van der Waals surface area contributed by atoms with Crippen molar-refractivity contribution in [2.24, 2.45) is 5.73 Å². The largest absolute Gasteiger partial charge is 0.327 e. The lowest BCUT2D eigenvalue weighted by Gasteiger charge is -2.30. The number of rotatable bonds is 6. The lowest BCUT2D eigenvalue weighted by atomic mass is 10.0. The number of nitrogens with one attached hydrogen (secondary N) is 1. The molecule has 0 saturated carbocycles. The minimum atomic E-state index is -0.243. The number of piperidine rings is 1. The van der Waals surface area contributed by atoms with Gasteiger partial charge in [0, 0.05) is 42.9 Å². The van der Waals surface area contributed by atoms with Gasteiger partial charge in [-0.15, -0.1) is 0 Å². The van der Waals surface area contributed by atoms with Crippen LogP contribution in [0.1, 0.15) is 34.6 Å². The van der Waals surface area contributed by atoms with Crippen molar-refractivity contribution in [3.05, 3.63) is 96.3 Å². The van der Waals surface area contributed by atoms with Crippen LogP contribution in [0, 0.1) is 6.92 Å². The van der Waals surface area contributed by atoms with Crippen LogP contribution in [0.2, 0.25) is 0 Å². The van der Waals surface area contributed by atoms with Crippen molar-refractivity contribution in [1.82, 2.24) is 19.4 Å². The van der Waals surface area contributed by atoms with Gasteiger partial charge in [0.15, 0.2) is 0 Å². The number of hydrogen-bond acceptors (Lipinski definition) is 5. The monoisotopic (exact) mass is 466 g/mol. The predicted octanol–water partition coefficient (Wildman–Crippen LogP) is 4.42. The Balaban J connectivity index is 1.42. The molecule has 4 aromatic rings. The first-order valence-electron chi connectivity index (χ1n) is 12.0. The van der Waals surface area contributed by atoms with Gasteiger partial charge in [0.05, 0.1) is 12.0 Å². The third-order valence-electron chi connectivity index (χ3n) is 6.29. The first-order chi connectivity index (χ1) is 17.0. The number of nitrogens with two attached hydrogens (primary N) is 1. The first kappa shape index (κ1) is 23.0. The molecule has 178 valence electrons. The Morgan fingerprint density at radius 3 is 2.71 bits per heavy atom. The highest BCUT2D eigenvalue weighted by Crippen LogP contribution is 2.23. The second-order valence-corrected chi connectivity index (χ2v) is 9.20. The molecule has 1 amide bonds. The number of pyridine rings is 1. The molecule has 1 saturated heterocycles. The average molecular weight is 467 g/mol. The molecule has 2 aromatic carbocycles. The summed E-state index contributed by atoms with van der Waals surface area (Å²) in [5.41, 5.74) is 12.3. The van der Waals surface area contributed by atoms with Crippen molar-refractivity contribution >= 4 is 11.6 Å². The molecule has 1 fully saturated rings. The number of imidazole rings is 1. The number of likely N-dealkylation sites (tertiary alicyclic amines) is 1. The molecule has 3 N–H and O–H groups in total. The predicted molar refractivity (Wildman–Crippen MR) is 138 cm³/mol. The van der Waals surface area contributed by atoms with E-state index in [0.717, 1.165) is 66.2 Å². The minimum absolute atomic E-state index is 0.213. The van der Waals surface area contributed by atoms with Crippen LogP contribution < -0.4 is 11.1 Å². The fourth-order valence-electron chi connectivity index (χ4n) is 4.60. The van der Waals surface area contributed by atoms with Gasteiger partial charge in [-0.3, -0.25) is 14.7 Å². The van der Waals surface area contributed by atoms with Crippen molar-refractivity contribution in [2.75, 3.05) is 18.4 Å². The minimum Gasteiger partial charge on any atom is -0.327 e. The van der Waals surface area contributed by atoms with Gasteiger partial charge in [0.1, 0.15) is 5.69 Å². The van der Waals surface area contributed by atoms with E-state index in [0.29, 0.717) is 5.69 Å². The maximum absolute atomic E-state index is 13.2. The quantitative estimate of drug-likeness (QED) is 0.439. The van der Waals surface area contributed by atoms with Gasteiger partial charge >= 0.3 is 0 Å². The van der Waals surface area contributed by atoms with Gasteiger partial charge in [-0.2, -0.15) is 0 Å². The van der Waals surface area contributed by atoms with E-state index in [4.69, 9.17) is 5.73 Å². The summed E-state index contributed by atoms with van der Waals surface area (Å²) < 4.78 is 1.98. The van der Waals surface area contributed by atoms with E-state index in [1.54, 1.807) is 12.5 Å². The number of carbonyl (C=O) groups excluding carboxylic acids is 1. The van der Waals surface area contributed by atoms with Gasteiger partial charge in [0.2, 0.25) is 0 Å². The Morgan fingerprint density at radius 2 is 1.94 bits per heavy atom. The van der Waals surface area contributed by atoms with Crippen LogP contribution >= 0.6 is 0 Å². The van der Waals surface area contributed by atoms with Crippen LogP contribution in [-0.2, 0) is 6.54 Å². The zero-order valence-electron chi connectivity index (χ0n) is 19.9. The summed E-state index contributed by atoms with van der Waals surface area (Å²) >= 11 is 0. The summed E-state index contributed by atoms with van der Waals surface area (Å²) in [7, 11) is 0. The number of anilines is 1. The third-order valence-corrected chi connectivity index (χ3v) is 6.29.